The van der Waals surface area contributed by atoms with Crippen LogP contribution in [0, 0.1) is 0 Å². The molecule has 0 radical (unpaired) electrons. The number of amides is 1. The second kappa shape index (κ2) is 6.97. The SMILES string of the molecule is CC(Sc1nc2ccccc2[nH]1)C(=O)Nc1ccc(N(C)C)cc1. The average Bonchev–Trinajstić information content (AvgIpc) is 2.97. The third-order valence-corrected chi connectivity index (χ3v) is 4.66. The molecule has 0 saturated heterocycles. The van der Waals surface area contributed by atoms with Gasteiger partial charge in [0, 0.05) is 25.5 Å². The summed E-state index contributed by atoms with van der Waals surface area (Å²) in [6, 6.07) is 15.6. The Morgan fingerprint density at radius 1 is 1.17 bits per heavy atom. The molecule has 24 heavy (non-hydrogen) atoms. The Labute approximate surface area is 145 Å². The standard InChI is InChI=1S/C18H20N4OS/c1-12(24-18-20-15-6-4-5-7-16(15)21-18)17(23)19-13-8-10-14(11-9-13)22(2)3/h4-12H,1-3H3,(H,19,23)(H,20,21). The highest BCUT2D eigenvalue weighted by Gasteiger charge is 2.16. The van der Waals surface area contributed by atoms with E-state index in [1.807, 2.05) is 74.4 Å². The first-order valence-corrected chi connectivity index (χ1v) is 8.60. The normalized spacial score (nSPS) is 12.1. The minimum absolute atomic E-state index is 0.0435. The summed E-state index contributed by atoms with van der Waals surface area (Å²) in [5, 5.41) is 3.44. The Morgan fingerprint density at radius 3 is 2.54 bits per heavy atom. The van der Waals surface area contributed by atoms with Crippen LogP contribution >= 0.6 is 11.8 Å². The van der Waals surface area contributed by atoms with Crippen molar-refractivity contribution in [2.75, 3.05) is 24.3 Å². The van der Waals surface area contributed by atoms with E-state index in [1.165, 1.54) is 11.8 Å². The number of fused-ring (bicyclic) bond motifs is 1. The van der Waals surface area contributed by atoms with Crippen LogP contribution in [-0.2, 0) is 4.79 Å². The van der Waals surface area contributed by atoms with Gasteiger partial charge in [-0.2, -0.15) is 0 Å². The maximum absolute atomic E-state index is 12.4. The number of hydrogen-bond acceptors (Lipinski definition) is 4. The van der Waals surface area contributed by atoms with Gasteiger partial charge in [-0.25, -0.2) is 4.98 Å². The molecule has 1 aromatic heterocycles. The zero-order valence-electron chi connectivity index (χ0n) is 13.9. The minimum Gasteiger partial charge on any atom is -0.378 e. The molecule has 0 aliphatic carbocycles. The van der Waals surface area contributed by atoms with E-state index in [0.717, 1.165) is 27.6 Å². The second-order valence-electron chi connectivity index (χ2n) is 5.75. The summed E-state index contributed by atoms with van der Waals surface area (Å²) >= 11 is 1.42. The van der Waals surface area contributed by atoms with E-state index in [2.05, 4.69) is 15.3 Å². The fourth-order valence-corrected chi connectivity index (χ4v) is 3.11. The number of imidazole rings is 1. The first-order chi connectivity index (χ1) is 11.5. The molecule has 1 heterocycles. The largest absolute Gasteiger partial charge is 0.378 e. The number of para-hydroxylation sites is 2. The quantitative estimate of drug-likeness (QED) is 0.695. The molecule has 0 aliphatic heterocycles. The van der Waals surface area contributed by atoms with Crippen molar-refractivity contribution in [3.05, 3.63) is 48.5 Å². The van der Waals surface area contributed by atoms with Gasteiger partial charge in [0.05, 0.1) is 16.3 Å². The van der Waals surface area contributed by atoms with Gasteiger partial charge in [0.1, 0.15) is 0 Å². The van der Waals surface area contributed by atoms with Crippen LogP contribution in [0.15, 0.2) is 53.7 Å². The molecule has 0 fully saturated rings. The highest BCUT2D eigenvalue weighted by Crippen LogP contribution is 2.24. The highest BCUT2D eigenvalue weighted by molar-refractivity contribution is 8.00. The van der Waals surface area contributed by atoms with Crippen molar-refractivity contribution >= 4 is 40.1 Å². The van der Waals surface area contributed by atoms with Gasteiger partial charge in [-0.3, -0.25) is 4.79 Å². The molecule has 1 unspecified atom stereocenters. The summed E-state index contributed by atoms with van der Waals surface area (Å²) in [6.45, 7) is 1.88. The smallest absolute Gasteiger partial charge is 0.237 e. The van der Waals surface area contributed by atoms with Crippen LogP contribution in [0.5, 0.6) is 0 Å². The van der Waals surface area contributed by atoms with Crippen LogP contribution in [0.2, 0.25) is 0 Å². The van der Waals surface area contributed by atoms with Gasteiger partial charge in [-0.05, 0) is 43.3 Å². The Hall–Kier alpha value is -2.47. The van der Waals surface area contributed by atoms with E-state index in [4.69, 9.17) is 0 Å². The van der Waals surface area contributed by atoms with Crippen LogP contribution in [0.25, 0.3) is 11.0 Å². The molecule has 0 bridgehead atoms. The maximum atomic E-state index is 12.4. The number of nitrogens with zero attached hydrogens (tertiary/aromatic N) is 2. The number of hydrogen-bond donors (Lipinski definition) is 2. The van der Waals surface area contributed by atoms with Crippen LogP contribution in [0.3, 0.4) is 0 Å². The molecule has 2 N–H and O–H groups in total. The van der Waals surface area contributed by atoms with Crippen molar-refractivity contribution in [2.24, 2.45) is 0 Å². The summed E-state index contributed by atoms with van der Waals surface area (Å²) in [4.78, 5) is 22.1. The Morgan fingerprint density at radius 2 is 1.88 bits per heavy atom. The van der Waals surface area contributed by atoms with Crippen LogP contribution in [0.1, 0.15) is 6.92 Å². The molecule has 1 atom stereocenters. The van der Waals surface area contributed by atoms with E-state index in [1.54, 1.807) is 0 Å². The summed E-state index contributed by atoms with van der Waals surface area (Å²) in [5.74, 6) is -0.0435. The monoisotopic (exact) mass is 340 g/mol. The van der Waals surface area contributed by atoms with Crippen LogP contribution < -0.4 is 10.2 Å². The summed E-state index contributed by atoms with van der Waals surface area (Å²) < 4.78 is 0. The molecule has 3 aromatic rings. The molecule has 0 aliphatic rings. The predicted octanol–water partition coefficient (Wildman–Crippen LogP) is 3.75. The number of thioether (sulfide) groups is 1. The van der Waals surface area contributed by atoms with Gasteiger partial charge in [0.15, 0.2) is 5.16 Å². The minimum atomic E-state index is -0.251. The molecule has 6 heteroatoms. The fourth-order valence-electron chi connectivity index (χ4n) is 2.29. The second-order valence-corrected chi connectivity index (χ2v) is 7.08. The van der Waals surface area contributed by atoms with Crippen molar-refractivity contribution in [2.45, 2.75) is 17.3 Å². The molecule has 0 saturated carbocycles. The molecule has 124 valence electrons. The first-order valence-electron chi connectivity index (χ1n) is 7.72. The lowest BCUT2D eigenvalue weighted by molar-refractivity contribution is -0.115. The van der Waals surface area contributed by atoms with Gasteiger partial charge in [-0.1, -0.05) is 23.9 Å². The Bertz CT molecular complexity index is 809. The molecule has 1 amide bonds. The third-order valence-electron chi connectivity index (χ3n) is 3.68. The number of rotatable bonds is 5. The van der Waals surface area contributed by atoms with E-state index >= 15 is 0 Å². The molecular weight excluding hydrogens is 320 g/mol. The van der Waals surface area contributed by atoms with Gasteiger partial charge >= 0.3 is 0 Å². The Balaban J connectivity index is 1.63. The number of aromatic amines is 1. The van der Waals surface area contributed by atoms with Crippen molar-refractivity contribution in [3.8, 4) is 0 Å². The molecule has 2 aromatic carbocycles. The molecular formula is C18H20N4OS. The number of anilines is 2. The highest BCUT2D eigenvalue weighted by atomic mass is 32.2. The summed E-state index contributed by atoms with van der Waals surface area (Å²) in [7, 11) is 3.97. The fraction of sp³-hybridized carbons (Fsp3) is 0.222. The number of carbonyl (C=O) groups is 1. The van der Waals surface area contributed by atoms with E-state index < -0.39 is 0 Å². The number of aromatic nitrogens is 2. The lowest BCUT2D eigenvalue weighted by Gasteiger charge is -2.14. The van der Waals surface area contributed by atoms with Gasteiger partial charge in [0.25, 0.3) is 0 Å². The van der Waals surface area contributed by atoms with Crippen LogP contribution in [-0.4, -0.2) is 35.2 Å². The van der Waals surface area contributed by atoms with E-state index in [0.29, 0.717) is 0 Å². The first kappa shape index (κ1) is 16.4. The van der Waals surface area contributed by atoms with Gasteiger partial charge in [0.2, 0.25) is 5.91 Å². The lowest BCUT2D eigenvalue weighted by Crippen LogP contribution is -2.22. The van der Waals surface area contributed by atoms with Gasteiger partial charge < -0.3 is 15.2 Å². The third kappa shape index (κ3) is 3.71. The van der Waals surface area contributed by atoms with E-state index in [9.17, 15) is 4.79 Å². The summed E-state index contributed by atoms with van der Waals surface area (Å²) in [5.41, 5.74) is 3.78. The number of carbonyl (C=O) groups excluding carboxylic acids is 1. The van der Waals surface area contributed by atoms with Crippen molar-refractivity contribution in [1.29, 1.82) is 0 Å². The molecule has 5 nitrogen and oxygen atoms in total. The topological polar surface area (TPSA) is 61.0 Å². The zero-order chi connectivity index (χ0) is 17.1. The van der Waals surface area contributed by atoms with Crippen molar-refractivity contribution < 1.29 is 4.79 Å². The number of nitrogens with one attached hydrogen (secondary N) is 2. The predicted molar refractivity (Wildman–Crippen MR) is 101 cm³/mol. The van der Waals surface area contributed by atoms with Crippen LogP contribution in [0.4, 0.5) is 11.4 Å². The average molecular weight is 340 g/mol. The Kier molecular flexibility index (Phi) is 4.76. The van der Waals surface area contributed by atoms with Gasteiger partial charge in [-0.15, -0.1) is 0 Å². The molecule has 0 spiro atoms. The van der Waals surface area contributed by atoms with Crippen molar-refractivity contribution in [1.82, 2.24) is 9.97 Å². The summed E-state index contributed by atoms with van der Waals surface area (Å²) in [6.07, 6.45) is 0. The number of benzene rings is 2. The zero-order valence-corrected chi connectivity index (χ0v) is 14.7. The van der Waals surface area contributed by atoms with E-state index in [-0.39, 0.29) is 11.2 Å². The number of H-pyrrole nitrogens is 1. The maximum Gasteiger partial charge on any atom is 0.237 e. The lowest BCUT2D eigenvalue weighted by atomic mass is 10.2. The molecule has 3 rings (SSSR count). The van der Waals surface area contributed by atoms with Crippen molar-refractivity contribution in [3.63, 3.8) is 0 Å².